The molecule has 2 aromatic heterocycles. The van der Waals surface area contributed by atoms with E-state index in [9.17, 15) is 39.0 Å². The number of hydrogen-bond acceptors (Lipinski definition) is 16. The van der Waals surface area contributed by atoms with E-state index in [2.05, 4.69) is 42.7 Å². The molecule has 0 saturated carbocycles. The maximum atomic E-state index is 13.0. The molecule has 0 aliphatic carbocycles. The number of amides is 2. The number of fused-ring (bicyclic) bond motifs is 3. The smallest absolute Gasteiger partial charge is 0.480 e. The first kappa shape index (κ1) is 53.0. The number of nitrogens with zero attached hydrogens (tertiary/aromatic N) is 5. The molecule has 3 unspecified atom stereocenters. The molecule has 22 nitrogen and oxygen atoms in total. The zero-order valence-electron chi connectivity index (χ0n) is 38.9. The molecule has 0 spiro atoms. The van der Waals surface area contributed by atoms with E-state index >= 15 is 0 Å². The fraction of sp³-hybridized carbons (Fsp3) is 0.444. The number of guanidine groups is 1. The highest BCUT2D eigenvalue weighted by molar-refractivity contribution is 8.66. The number of carbonyl (C=O) groups is 6. The maximum absolute atomic E-state index is 13.0. The predicted molar refractivity (Wildman–Crippen MR) is 266 cm³/mol. The van der Waals surface area contributed by atoms with E-state index in [1.54, 1.807) is 24.1 Å². The standard InChI is InChI=1S/C45H60N12O10S2/c1-5-6-11-34-54-36-37(29-9-7-8-10-30(29)52-38(36)46)57(34)24-45(2,3)25-67-44(65)66-18-19-68-69-23-32(42(63)64)51-35(59)17-16-31(41(61)62)53-40(60)26-12-14-27(15-13-26)49-20-28-21-50-39(55-43(47)48)33(22-58)56(28)4/h7-10,12-15,22,28,31-32,49-50H,5-6,11,16-21,23-25H2,1-4H3,(H2,46,52)(H,51,59)(H,53,60)(H,61,62)(H,63,64)(H4,47,48,55)/p+1. The number of aliphatic carboxylic acids is 2. The van der Waals surface area contributed by atoms with Gasteiger partial charge in [0.15, 0.2) is 29.9 Å². The fourth-order valence-corrected chi connectivity index (χ4v) is 9.47. The molecule has 0 bridgehead atoms. The van der Waals surface area contributed by atoms with Gasteiger partial charge in [-0.1, -0.05) is 45.4 Å². The van der Waals surface area contributed by atoms with Gasteiger partial charge in [-0.05, 0) is 43.2 Å². The molecular weight excluding hydrogens is 933 g/mol. The van der Waals surface area contributed by atoms with E-state index in [1.165, 1.54) is 22.9 Å². The molecule has 0 fully saturated rings. The molecule has 1 aliphatic rings. The molecule has 1 aliphatic heterocycles. The molecule has 24 heteroatoms. The number of hydrogen-bond donors (Lipinski definition) is 9. The van der Waals surface area contributed by atoms with Gasteiger partial charge < -0.3 is 67.6 Å². The van der Waals surface area contributed by atoms with Crippen LogP contribution in [-0.2, 0) is 52.4 Å². The van der Waals surface area contributed by atoms with Crippen molar-refractivity contribution in [3.05, 3.63) is 71.4 Å². The predicted octanol–water partition coefficient (Wildman–Crippen LogP) is 2.34. The summed E-state index contributed by atoms with van der Waals surface area (Å²) in [5.41, 5.74) is 20.1. The highest BCUT2D eigenvalue weighted by Gasteiger charge is 2.29. The molecule has 4 aromatic rings. The van der Waals surface area contributed by atoms with Gasteiger partial charge in [0.2, 0.25) is 5.91 Å². The average Bonchev–Trinajstić information content (AvgIpc) is 3.66. The number of nitrogens with one attached hydrogen (secondary N) is 4. The number of aliphatic imine (C=N–C) groups is 1. The normalized spacial score (nSPS) is 14.6. The quantitative estimate of drug-likeness (QED) is 0.00637. The topological polar surface area (TPSA) is 334 Å². The van der Waals surface area contributed by atoms with Crippen LogP contribution >= 0.6 is 10.8 Å². The van der Waals surface area contributed by atoms with Crippen LogP contribution in [0.15, 0.2) is 65.0 Å². The number of aldehydes is 1. The Bertz CT molecular complexity index is 2550. The molecular formula is C45H61N12O10S2+. The van der Waals surface area contributed by atoms with Crippen molar-refractivity contribution in [2.45, 2.75) is 77.5 Å². The number of aromatic nitrogens is 3. The number of thiol groups is 1. The van der Waals surface area contributed by atoms with Crippen molar-refractivity contribution in [1.29, 1.82) is 0 Å². The monoisotopic (exact) mass is 993 g/mol. The summed E-state index contributed by atoms with van der Waals surface area (Å²) in [7, 11) is 3.60. The van der Waals surface area contributed by atoms with E-state index in [0.29, 0.717) is 59.5 Å². The van der Waals surface area contributed by atoms with Gasteiger partial charge in [0, 0.05) is 72.4 Å². The Hall–Kier alpha value is -6.95. The zero-order valence-corrected chi connectivity index (χ0v) is 40.6. The molecule has 372 valence electrons. The Labute approximate surface area is 406 Å². The van der Waals surface area contributed by atoms with Crippen molar-refractivity contribution in [1.82, 2.24) is 35.4 Å². The van der Waals surface area contributed by atoms with E-state index in [0.717, 1.165) is 41.5 Å². The zero-order chi connectivity index (χ0) is 50.3. The van der Waals surface area contributed by atoms with Crippen LogP contribution in [0.5, 0.6) is 0 Å². The van der Waals surface area contributed by atoms with Crippen molar-refractivity contribution in [3.63, 3.8) is 0 Å². The van der Waals surface area contributed by atoms with Gasteiger partial charge >= 0.3 is 18.1 Å². The van der Waals surface area contributed by atoms with Crippen LogP contribution in [0.25, 0.3) is 21.9 Å². The first-order valence-corrected chi connectivity index (χ1v) is 24.9. The molecule has 2 aromatic carbocycles. The van der Waals surface area contributed by atoms with E-state index in [4.69, 9.17) is 31.7 Å². The summed E-state index contributed by atoms with van der Waals surface area (Å²) in [5, 5.41) is 31.6. The van der Waals surface area contributed by atoms with Crippen molar-refractivity contribution in [2.75, 3.05) is 55.9 Å². The molecule has 0 saturated heterocycles. The number of para-hydroxylation sites is 1. The number of benzene rings is 2. The third kappa shape index (κ3) is 15.0. The number of nitrogen functional groups attached to an aromatic ring is 1. The summed E-state index contributed by atoms with van der Waals surface area (Å²) in [5.74, 6) is -2.40. The third-order valence-electron chi connectivity index (χ3n) is 11.0. The summed E-state index contributed by atoms with van der Waals surface area (Å²) in [4.78, 5) is 89.1. The number of ether oxygens (including phenoxy) is 2. The van der Waals surface area contributed by atoms with E-state index < -0.39 is 47.4 Å². The fourth-order valence-electron chi connectivity index (χ4n) is 7.31. The van der Waals surface area contributed by atoms with Crippen LogP contribution in [0.1, 0.15) is 62.6 Å². The number of unbranched alkanes of at least 4 members (excludes halogenated alkanes) is 1. The number of allylic oxidation sites excluding steroid dienone is 1. The second-order valence-corrected chi connectivity index (χ2v) is 19.8. The molecule has 2 amide bonds. The lowest BCUT2D eigenvalue weighted by atomic mass is 9.94. The van der Waals surface area contributed by atoms with Crippen LogP contribution in [0, 0.1) is 5.41 Å². The van der Waals surface area contributed by atoms with E-state index in [-0.39, 0.29) is 60.9 Å². The maximum Gasteiger partial charge on any atom is 0.508 e. The highest BCUT2D eigenvalue weighted by atomic mass is 33.1. The molecule has 3 atom stereocenters. The number of carboxylic acid groups (broad SMARTS) is 2. The number of carbonyl (C=O) groups excluding carboxylic acids is 4. The van der Waals surface area contributed by atoms with Crippen LogP contribution < -0.4 is 38.5 Å². The lowest BCUT2D eigenvalue weighted by Crippen LogP contribution is -2.49. The number of likely N-dealkylation sites (N-methyl/N-ethyl adjacent to an activating group) is 1. The summed E-state index contributed by atoms with van der Waals surface area (Å²) >= 11 is 0. The molecule has 69 heavy (non-hydrogen) atoms. The number of aryl methyl sites for hydroxylation is 1. The summed E-state index contributed by atoms with van der Waals surface area (Å²) in [6.45, 7) is 7.45. The van der Waals surface area contributed by atoms with Crippen molar-refractivity contribution < 1.29 is 48.5 Å². The van der Waals surface area contributed by atoms with Crippen molar-refractivity contribution in [2.24, 2.45) is 21.9 Å². The van der Waals surface area contributed by atoms with Gasteiger partial charge in [0.05, 0.1) is 33.6 Å². The highest BCUT2D eigenvalue weighted by Crippen LogP contribution is 2.32. The average molecular weight is 994 g/mol. The second-order valence-electron chi connectivity index (χ2n) is 17.0. The number of imidazole rings is 1. The largest absolute Gasteiger partial charge is 0.508 e. The number of pyridine rings is 1. The Morgan fingerprint density at radius 3 is 2.45 bits per heavy atom. The second kappa shape index (κ2) is 24.9. The van der Waals surface area contributed by atoms with Crippen LogP contribution in [0.3, 0.4) is 0 Å². The minimum absolute atomic E-state index is 0.00148. The van der Waals surface area contributed by atoms with Gasteiger partial charge in [-0.15, -0.1) is 0 Å². The molecule has 12 N–H and O–H groups in total. The Morgan fingerprint density at radius 2 is 1.77 bits per heavy atom. The third-order valence-corrected chi connectivity index (χ3v) is 13.6. The lowest BCUT2D eigenvalue weighted by molar-refractivity contribution is -0.142. The van der Waals surface area contributed by atoms with Gasteiger partial charge in [-0.3, -0.25) is 14.4 Å². The lowest BCUT2D eigenvalue weighted by Gasteiger charge is -2.35. The molecule has 0 radical (unpaired) electrons. The van der Waals surface area contributed by atoms with Crippen LogP contribution in [0.4, 0.5) is 16.3 Å². The SMILES string of the molecule is CCCCc1nc2c(N)nc3ccccc3c2n1CC(C)(C)COC(=O)OCCS[SH+]CC(NC(=O)CCC(NC(=O)c1ccc(NCC2CNC(N=C(N)N)=C(C=O)N2C)cc1)C(=O)O)C(=O)O. The van der Waals surface area contributed by atoms with Gasteiger partial charge in [0.25, 0.3) is 5.91 Å². The number of nitrogens with two attached hydrogens (primary N) is 3. The summed E-state index contributed by atoms with van der Waals surface area (Å²) < 4.78 is 12.9. The number of anilines is 2. The Balaban J connectivity index is 1.00. The first-order valence-electron chi connectivity index (χ1n) is 22.2. The van der Waals surface area contributed by atoms with Crippen LogP contribution in [-0.4, -0.2) is 135 Å². The first-order chi connectivity index (χ1) is 32.9. The molecule has 3 heterocycles. The molecule has 5 rings (SSSR count). The minimum Gasteiger partial charge on any atom is -0.480 e. The van der Waals surface area contributed by atoms with Gasteiger partial charge in [-0.25, -0.2) is 24.4 Å². The summed E-state index contributed by atoms with van der Waals surface area (Å²) in [6, 6.07) is 11.2. The Kier molecular flexibility index (Phi) is 19.1. The Morgan fingerprint density at radius 1 is 1.04 bits per heavy atom. The number of rotatable bonds is 26. The minimum atomic E-state index is -1.44. The van der Waals surface area contributed by atoms with Gasteiger partial charge in [0.1, 0.15) is 42.0 Å². The van der Waals surface area contributed by atoms with Crippen LogP contribution in [0.2, 0.25) is 0 Å². The van der Waals surface area contributed by atoms with Gasteiger partial charge in [-0.2, -0.15) is 4.99 Å². The summed E-state index contributed by atoms with van der Waals surface area (Å²) in [6.07, 6.45) is 1.81. The van der Waals surface area contributed by atoms with Crippen molar-refractivity contribution in [3.8, 4) is 0 Å². The number of carboxylic acids is 2. The van der Waals surface area contributed by atoms with E-state index in [1.807, 2.05) is 38.1 Å². The van der Waals surface area contributed by atoms with Crippen molar-refractivity contribution >= 4 is 97.2 Å².